The Labute approximate surface area is 114 Å². The average Bonchev–Trinajstić information content (AvgIpc) is 2.38. The molecule has 2 N–H and O–H groups in total. The first kappa shape index (κ1) is 13.7. The molecule has 5 nitrogen and oxygen atoms in total. The number of nitrogens with one attached hydrogen (secondary N) is 2. The zero-order valence-electron chi connectivity index (χ0n) is 10.7. The fourth-order valence-corrected chi connectivity index (χ4v) is 1.64. The van der Waals surface area contributed by atoms with Crippen molar-refractivity contribution < 1.29 is 14.0 Å². The molecule has 0 aliphatic carbocycles. The third-order valence-electron chi connectivity index (χ3n) is 2.46. The first-order chi connectivity index (χ1) is 9.56. The number of hydrogen-bond acceptors (Lipinski definition) is 3. The normalized spacial score (nSPS) is 9.90. The van der Waals surface area contributed by atoms with Crippen LogP contribution < -0.4 is 10.6 Å². The maximum Gasteiger partial charge on any atom is 0.258 e. The van der Waals surface area contributed by atoms with E-state index in [0.717, 1.165) is 6.20 Å². The topological polar surface area (TPSA) is 71.1 Å². The molecule has 2 amide bonds. The van der Waals surface area contributed by atoms with Crippen LogP contribution in [0.2, 0.25) is 0 Å². The van der Waals surface area contributed by atoms with Gasteiger partial charge in [0.05, 0.1) is 11.8 Å². The van der Waals surface area contributed by atoms with Gasteiger partial charge in [-0.05, 0) is 24.3 Å². The standard InChI is InChI=1S/C14H12FN3O2/c1-9(19)17-10-3-2-4-11(7-10)18-14(20)12-5-6-16-8-13(12)15/h2-8H,1H3,(H,17,19)(H,18,20). The summed E-state index contributed by atoms with van der Waals surface area (Å²) in [6.07, 6.45) is 2.31. The highest BCUT2D eigenvalue weighted by Gasteiger charge is 2.11. The SMILES string of the molecule is CC(=O)Nc1cccc(NC(=O)c2ccncc2F)c1. The molecule has 0 spiro atoms. The molecular formula is C14H12FN3O2. The molecule has 2 aromatic rings. The van der Waals surface area contributed by atoms with Crippen molar-refractivity contribution in [2.45, 2.75) is 6.92 Å². The van der Waals surface area contributed by atoms with Gasteiger partial charge in [0.1, 0.15) is 0 Å². The van der Waals surface area contributed by atoms with E-state index in [1.165, 1.54) is 19.2 Å². The van der Waals surface area contributed by atoms with E-state index >= 15 is 0 Å². The van der Waals surface area contributed by atoms with Crippen LogP contribution >= 0.6 is 0 Å². The van der Waals surface area contributed by atoms with E-state index in [4.69, 9.17) is 0 Å². The maximum absolute atomic E-state index is 13.4. The minimum Gasteiger partial charge on any atom is -0.326 e. The zero-order chi connectivity index (χ0) is 14.5. The van der Waals surface area contributed by atoms with E-state index < -0.39 is 11.7 Å². The van der Waals surface area contributed by atoms with Gasteiger partial charge >= 0.3 is 0 Å². The van der Waals surface area contributed by atoms with Crippen LogP contribution in [0.25, 0.3) is 0 Å². The number of nitrogens with zero attached hydrogens (tertiary/aromatic N) is 1. The molecule has 0 saturated heterocycles. The second-order valence-corrected chi connectivity index (χ2v) is 4.07. The van der Waals surface area contributed by atoms with Gasteiger partial charge in [0.15, 0.2) is 5.82 Å². The van der Waals surface area contributed by atoms with Crippen LogP contribution in [0.15, 0.2) is 42.7 Å². The Balaban J connectivity index is 2.16. The molecule has 6 heteroatoms. The third kappa shape index (κ3) is 3.38. The molecule has 0 unspecified atom stereocenters. The Kier molecular flexibility index (Phi) is 4.05. The number of benzene rings is 1. The molecule has 0 atom stereocenters. The van der Waals surface area contributed by atoms with E-state index in [9.17, 15) is 14.0 Å². The fraction of sp³-hybridized carbons (Fsp3) is 0.0714. The van der Waals surface area contributed by atoms with E-state index in [1.807, 2.05) is 0 Å². The van der Waals surface area contributed by atoms with Crippen molar-refractivity contribution in [2.24, 2.45) is 0 Å². The van der Waals surface area contributed by atoms with Crippen molar-refractivity contribution in [3.63, 3.8) is 0 Å². The van der Waals surface area contributed by atoms with Crippen LogP contribution in [0.3, 0.4) is 0 Å². The number of rotatable bonds is 3. The Bertz CT molecular complexity index is 658. The van der Waals surface area contributed by atoms with Crippen molar-refractivity contribution in [3.8, 4) is 0 Å². The van der Waals surface area contributed by atoms with Gasteiger partial charge in [-0.3, -0.25) is 14.6 Å². The summed E-state index contributed by atoms with van der Waals surface area (Å²) in [7, 11) is 0. The number of carbonyl (C=O) groups excluding carboxylic acids is 2. The Morgan fingerprint density at radius 3 is 2.50 bits per heavy atom. The lowest BCUT2D eigenvalue weighted by atomic mass is 10.2. The zero-order valence-corrected chi connectivity index (χ0v) is 10.7. The average molecular weight is 273 g/mol. The minimum atomic E-state index is -0.692. The van der Waals surface area contributed by atoms with Crippen LogP contribution in [0, 0.1) is 5.82 Å². The number of carbonyl (C=O) groups is 2. The summed E-state index contributed by atoms with van der Waals surface area (Å²) in [5, 5.41) is 5.15. The van der Waals surface area contributed by atoms with Gasteiger partial charge in [-0.25, -0.2) is 4.39 Å². The quantitative estimate of drug-likeness (QED) is 0.902. The fourth-order valence-electron chi connectivity index (χ4n) is 1.64. The van der Waals surface area contributed by atoms with Gasteiger partial charge in [0, 0.05) is 24.5 Å². The number of pyridine rings is 1. The summed E-state index contributed by atoms with van der Waals surface area (Å²) >= 11 is 0. The molecule has 0 fully saturated rings. The lowest BCUT2D eigenvalue weighted by Crippen LogP contribution is -2.14. The minimum absolute atomic E-state index is 0.0927. The number of anilines is 2. The van der Waals surface area contributed by atoms with Crippen molar-refractivity contribution in [3.05, 3.63) is 54.1 Å². The molecule has 20 heavy (non-hydrogen) atoms. The molecule has 0 aliphatic heterocycles. The maximum atomic E-state index is 13.4. The van der Waals surface area contributed by atoms with Crippen molar-refractivity contribution >= 4 is 23.2 Å². The summed E-state index contributed by atoms with van der Waals surface area (Å²) in [4.78, 5) is 26.4. The lowest BCUT2D eigenvalue weighted by Gasteiger charge is -2.08. The summed E-state index contributed by atoms with van der Waals surface area (Å²) in [6, 6.07) is 7.87. The molecule has 1 aromatic carbocycles. The highest BCUT2D eigenvalue weighted by atomic mass is 19.1. The monoisotopic (exact) mass is 273 g/mol. The second-order valence-electron chi connectivity index (χ2n) is 4.07. The Morgan fingerprint density at radius 1 is 1.15 bits per heavy atom. The predicted octanol–water partition coefficient (Wildman–Crippen LogP) is 2.43. The lowest BCUT2D eigenvalue weighted by molar-refractivity contribution is -0.114. The summed E-state index contributed by atoms with van der Waals surface area (Å²) in [6.45, 7) is 1.39. The van der Waals surface area contributed by atoms with Crippen LogP contribution in [0.5, 0.6) is 0 Å². The van der Waals surface area contributed by atoms with Gasteiger partial charge in [-0.1, -0.05) is 6.07 Å². The number of amides is 2. The van der Waals surface area contributed by atoms with Crippen LogP contribution in [0.4, 0.5) is 15.8 Å². The molecule has 1 aromatic heterocycles. The Hall–Kier alpha value is -2.76. The molecule has 0 radical (unpaired) electrons. The summed E-state index contributed by atoms with van der Waals surface area (Å²) < 4.78 is 13.4. The molecular weight excluding hydrogens is 261 g/mol. The number of halogens is 1. The van der Waals surface area contributed by atoms with Gasteiger partial charge in [0.2, 0.25) is 5.91 Å². The number of hydrogen-bond donors (Lipinski definition) is 2. The van der Waals surface area contributed by atoms with Crippen LogP contribution in [0.1, 0.15) is 17.3 Å². The van der Waals surface area contributed by atoms with Gasteiger partial charge in [-0.15, -0.1) is 0 Å². The first-order valence-electron chi connectivity index (χ1n) is 5.85. The molecule has 0 saturated carbocycles. The summed E-state index contributed by atoms with van der Waals surface area (Å²) in [5.74, 6) is -1.48. The largest absolute Gasteiger partial charge is 0.326 e. The van der Waals surface area contributed by atoms with Gasteiger partial charge in [-0.2, -0.15) is 0 Å². The molecule has 0 bridgehead atoms. The number of aromatic nitrogens is 1. The van der Waals surface area contributed by atoms with E-state index in [0.29, 0.717) is 11.4 Å². The second kappa shape index (κ2) is 5.92. The smallest absolute Gasteiger partial charge is 0.258 e. The van der Waals surface area contributed by atoms with Crippen molar-refractivity contribution in [2.75, 3.05) is 10.6 Å². The highest BCUT2D eigenvalue weighted by Crippen LogP contribution is 2.16. The van der Waals surface area contributed by atoms with Crippen LogP contribution in [-0.4, -0.2) is 16.8 Å². The molecule has 102 valence electrons. The van der Waals surface area contributed by atoms with E-state index in [2.05, 4.69) is 15.6 Å². The summed E-state index contributed by atoms with van der Waals surface area (Å²) in [5.41, 5.74) is 0.910. The van der Waals surface area contributed by atoms with Gasteiger partial charge < -0.3 is 10.6 Å². The highest BCUT2D eigenvalue weighted by molar-refractivity contribution is 6.04. The van der Waals surface area contributed by atoms with E-state index in [1.54, 1.807) is 24.3 Å². The van der Waals surface area contributed by atoms with E-state index in [-0.39, 0.29) is 11.5 Å². The van der Waals surface area contributed by atoms with Gasteiger partial charge in [0.25, 0.3) is 5.91 Å². The van der Waals surface area contributed by atoms with Crippen molar-refractivity contribution in [1.82, 2.24) is 4.98 Å². The molecule has 2 rings (SSSR count). The molecule has 1 heterocycles. The van der Waals surface area contributed by atoms with Crippen molar-refractivity contribution in [1.29, 1.82) is 0 Å². The van der Waals surface area contributed by atoms with Crippen LogP contribution in [-0.2, 0) is 4.79 Å². The first-order valence-corrected chi connectivity index (χ1v) is 5.85. The third-order valence-corrected chi connectivity index (χ3v) is 2.46. The molecule has 0 aliphatic rings. The predicted molar refractivity (Wildman–Crippen MR) is 72.9 cm³/mol. The Morgan fingerprint density at radius 2 is 1.85 bits per heavy atom.